The van der Waals surface area contributed by atoms with Gasteiger partial charge in [0.15, 0.2) is 0 Å². The summed E-state index contributed by atoms with van der Waals surface area (Å²) in [5.41, 5.74) is 0.703. The molecule has 0 spiro atoms. The number of carboxylic acid groups (broad SMARTS) is 1. The lowest BCUT2D eigenvalue weighted by Gasteiger charge is -2.23. The third kappa shape index (κ3) is 3.11. The molecule has 2 aromatic heterocycles. The summed E-state index contributed by atoms with van der Waals surface area (Å²) in [5, 5.41) is 11.0. The number of rotatable bonds is 4. The first-order valence-electron chi connectivity index (χ1n) is 6.43. The van der Waals surface area contributed by atoms with Gasteiger partial charge in [-0.15, -0.1) is 11.3 Å². The van der Waals surface area contributed by atoms with E-state index < -0.39 is 5.97 Å². The molecule has 110 valence electrons. The summed E-state index contributed by atoms with van der Waals surface area (Å²) >= 11 is 1.59. The third-order valence-electron chi connectivity index (χ3n) is 3.39. The van der Waals surface area contributed by atoms with Crippen molar-refractivity contribution in [1.29, 1.82) is 0 Å². The van der Waals surface area contributed by atoms with E-state index in [4.69, 9.17) is 5.11 Å². The molecule has 0 radical (unpaired) electrons. The number of nitrogens with zero attached hydrogens (tertiary/aromatic N) is 2. The number of carboxylic acids is 1. The molecule has 2 heterocycles. The molecule has 0 fully saturated rings. The van der Waals surface area contributed by atoms with Crippen LogP contribution in [0.1, 0.15) is 44.4 Å². The maximum atomic E-state index is 12.4. The first kappa shape index (κ1) is 15.2. The van der Waals surface area contributed by atoms with Crippen LogP contribution in [0.25, 0.3) is 0 Å². The highest BCUT2D eigenvalue weighted by Gasteiger charge is 2.21. The molecule has 0 aromatic carbocycles. The predicted molar refractivity (Wildman–Crippen MR) is 80.8 cm³/mol. The van der Waals surface area contributed by atoms with Gasteiger partial charge in [-0.05, 0) is 37.4 Å². The number of pyridine rings is 1. The first-order valence-corrected chi connectivity index (χ1v) is 7.31. The van der Waals surface area contributed by atoms with Crippen molar-refractivity contribution in [2.24, 2.45) is 0 Å². The second kappa shape index (κ2) is 6.05. The maximum absolute atomic E-state index is 12.4. The number of aromatic nitrogens is 1. The molecule has 0 bridgehead atoms. The van der Waals surface area contributed by atoms with Crippen molar-refractivity contribution >= 4 is 23.2 Å². The molecule has 0 aliphatic rings. The summed E-state index contributed by atoms with van der Waals surface area (Å²) in [6.45, 7) is 3.53. The molecular weight excluding hydrogens is 288 g/mol. The van der Waals surface area contributed by atoms with Crippen molar-refractivity contribution < 1.29 is 14.7 Å². The van der Waals surface area contributed by atoms with E-state index in [-0.39, 0.29) is 23.2 Å². The Balaban J connectivity index is 2.23. The molecular formula is C15H16N2O3S. The molecule has 1 amide bonds. The van der Waals surface area contributed by atoms with Crippen LogP contribution in [0, 0.1) is 6.92 Å². The highest BCUT2D eigenvalue weighted by Crippen LogP contribution is 2.24. The second-order valence-electron chi connectivity index (χ2n) is 4.74. The molecule has 0 saturated heterocycles. The zero-order valence-corrected chi connectivity index (χ0v) is 12.8. The van der Waals surface area contributed by atoms with E-state index in [9.17, 15) is 9.59 Å². The van der Waals surface area contributed by atoms with Crippen molar-refractivity contribution in [2.75, 3.05) is 7.05 Å². The van der Waals surface area contributed by atoms with Gasteiger partial charge in [-0.2, -0.15) is 0 Å². The summed E-state index contributed by atoms with van der Waals surface area (Å²) in [6, 6.07) is 6.74. The van der Waals surface area contributed by atoms with Crippen molar-refractivity contribution in [2.45, 2.75) is 19.9 Å². The summed E-state index contributed by atoms with van der Waals surface area (Å²) in [5.74, 6) is -1.27. The third-order valence-corrected chi connectivity index (χ3v) is 4.43. The van der Waals surface area contributed by atoms with Crippen molar-refractivity contribution in [3.63, 3.8) is 0 Å². The molecule has 6 heteroatoms. The van der Waals surface area contributed by atoms with E-state index in [2.05, 4.69) is 4.98 Å². The molecule has 21 heavy (non-hydrogen) atoms. The summed E-state index contributed by atoms with van der Waals surface area (Å²) in [6.07, 6.45) is 0. The van der Waals surface area contributed by atoms with Crippen LogP contribution in [-0.2, 0) is 0 Å². The standard InChI is InChI=1S/C15H16N2O3S/c1-9-11(15(19)20)6-7-12(16-9)14(18)17(3)10(2)13-5-4-8-21-13/h4-8,10H,1-3H3,(H,19,20). The van der Waals surface area contributed by atoms with Crippen LogP contribution in [0.5, 0.6) is 0 Å². The zero-order valence-electron chi connectivity index (χ0n) is 12.0. The van der Waals surface area contributed by atoms with Crippen LogP contribution in [0.3, 0.4) is 0 Å². The highest BCUT2D eigenvalue weighted by molar-refractivity contribution is 7.10. The molecule has 1 atom stereocenters. The zero-order chi connectivity index (χ0) is 15.6. The number of hydrogen-bond acceptors (Lipinski definition) is 4. The van der Waals surface area contributed by atoms with Crippen LogP contribution in [0.15, 0.2) is 29.6 Å². The van der Waals surface area contributed by atoms with E-state index in [1.165, 1.54) is 12.1 Å². The number of carbonyl (C=O) groups is 2. The lowest BCUT2D eigenvalue weighted by molar-refractivity contribution is 0.0690. The molecule has 1 N–H and O–H groups in total. The smallest absolute Gasteiger partial charge is 0.337 e. The van der Waals surface area contributed by atoms with E-state index >= 15 is 0 Å². The average molecular weight is 304 g/mol. The van der Waals surface area contributed by atoms with Gasteiger partial charge in [0, 0.05) is 11.9 Å². The van der Waals surface area contributed by atoms with E-state index in [0.29, 0.717) is 5.69 Å². The van der Waals surface area contributed by atoms with Crippen molar-refractivity contribution in [3.8, 4) is 0 Å². The fraction of sp³-hybridized carbons (Fsp3) is 0.267. The van der Waals surface area contributed by atoms with Crippen LogP contribution < -0.4 is 0 Å². The Bertz CT molecular complexity index is 668. The monoisotopic (exact) mass is 304 g/mol. The molecule has 2 rings (SSSR count). The van der Waals surface area contributed by atoms with Gasteiger partial charge in [0.2, 0.25) is 0 Å². The number of hydrogen-bond donors (Lipinski definition) is 1. The SMILES string of the molecule is Cc1nc(C(=O)N(C)C(C)c2cccs2)ccc1C(=O)O. The minimum Gasteiger partial charge on any atom is -0.478 e. The van der Waals surface area contributed by atoms with Crippen molar-refractivity contribution in [3.05, 3.63) is 51.5 Å². The van der Waals surface area contributed by atoms with Gasteiger partial charge >= 0.3 is 5.97 Å². The van der Waals surface area contributed by atoms with Gasteiger partial charge in [0.25, 0.3) is 5.91 Å². The normalized spacial score (nSPS) is 12.0. The fourth-order valence-corrected chi connectivity index (χ4v) is 2.81. The highest BCUT2D eigenvalue weighted by atomic mass is 32.1. The molecule has 0 aliphatic carbocycles. The lowest BCUT2D eigenvalue weighted by atomic mass is 10.1. The Morgan fingerprint density at radius 1 is 1.33 bits per heavy atom. The maximum Gasteiger partial charge on any atom is 0.337 e. The Hall–Kier alpha value is -2.21. The second-order valence-corrected chi connectivity index (χ2v) is 5.72. The van der Waals surface area contributed by atoms with E-state index in [1.54, 1.807) is 30.2 Å². The Kier molecular flexibility index (Phi) is 4.37. The first-order chi connectivity index (χ1) is 9.91. The van der Waals surface area contributed by atoms with E-state index in [1.807, 2.05) is 24.4 Å². The number of aryl methyl sites for hydroxylation is 1. The van der Waals surface area contributed by atoms with Crippen LogP contribution in [0.2, 0.25) is 0 Å². The Labute approximate surface area is 126 Å². The van der Waals surface area contributed by atoms with Crippen LogP contribution in [-0.4, -0.2) is 33.9 Å². The predicted octanol–water partition coefficient (Wildman–Crippen LogP) is 2.98. The molecule has 0 saturated carbocycles. The van der Waals surface area contributed by atoms with Gasteiger partial charge in [0.05, 0.1) is 17.3 Å². The molecule has 1 unspecified atom stereocenters. The minimum absolute atomic E-state index is 0.0567. The average Bonchev–Trinajstić information content (AvgIpc) is 2.98. The minimum atomic E-state index is -1.04. The van der Waals surface area contributed by atoms with Gasteiger partial charge in [-0.1, -0.05) is 6.07 Å². The number of aromatic carboxylic acids is 1. The summed E-state index contributed by atoms with van der Waals surface area (Å²) < 4.78 is 0. The molecule has 2 aromatic rings. The topological polar surface area (TPSA) is 70.5 Å². The van der Waals surface area contributed by atoms with Crippen LogP contribution >= 0.6 is 11.3 Å². The number of amides is 1. The molecule has 5 nitrogen and oxygen atoms in total. The van der Waals surface area contributed by atoms with E-state index in [0.717, 1.165) is 4.88 Å². The van der Waals surface area contributed by atoms with Gasteiger partial charge in [-0.25, -0.2) is 9.78 Å². The lowest BCUT2D eigenvalue weighted by Crippen LogP contribution is -2.30. The van der Waals surface area contributed by atoms with Crippen molar-refractivity contribution in [1.82, 2.24) is 9.88 Å². The molecule has 0 aliphatic heterocycles. The number of carbonyl (C=O) groups excluding carboxylic acids is 1. The quantitative estimate of drug-likeness (QED) is 0.942. The van der Waals surface area contributed by atoms with Gasteiger partial charge in [0.1, 0.15) is 5.69 Å². The number of thiophene rings is 1. The Morgan fingerprint density at radius 2 is 2.05 bits per heavy atom. The van der Waals surface area contributed by atoms with Crippen LogP contribution in [0.4, 0.5) is 0 Å². The summed E-state index contributed by atoms with van der Waals surface area (Å²) in [7, 11) is 1.72. The van der Waals surface area contributed by atoms with Gasteiger partial charge in [-0.3, -0.25) is 4.79 Å². The fourth-order valence-electron chi connectivity index (χ4n) is 1.98. The summed E-state index contributed by atoms with van der Waals surface area (Å²) in [4.78, 5) is 30.2. The van der Waals surface area contributed by atoms with Gasteiger partial charge < -0.3 is 10.0 Å². The Morgan fingerprint density at radius 3 is 2.57 bits per heavy atom. The largest absolute Gasteiger partial charge is 0.478 e.